The van der Waals surface area contributed by atoms with Crippen LogP contribution >= 0.6 is 11.6 Å². The van der Waals surface area contributed by atoms with Crippen molar-refractivity contribution in [2.75, 3.05) is 0 Å². The molecule has 1 rings (SSSR count). The second-order valence-electron chi connectivity index (χ2n) is 4.53. The van der Waals surface area contributed by atoms with Crippen molar-refractivity contribution in [3.63, 3.8) is 0 Å². The number of hydrogen-bond acceptors (Lipinski definition) is 2. The molecule has 3 N–H and O–H groups in total. The van der Waals surface area contributed by atoms with Gasteiger partial charge in [-0.2, -0.15) is 0 Å². The molecule has 0 aliphatic carbocycles. The van der Waals surface area contributed by atoms with E-state index < -0.39 is 6.04 Å². The van der Waals surface area contributed by atoms with Gasteiger partial charge in [0.05, 0.1) is 12.1 Å². The molecule has 0 radical (unpaired) electrons. The van der Waals surface area contributed by atoms with Crippen molar-refractivity contribution in [3.05, 3.63) is 34.9 Å². The highest BCUT2D eigenvalue weighted by Crippen LogP contribution is 2.17. The molecule has 3 nitrogen and oxygen atoms in total. The molecule has 0 aliphatic heterocycles. The fourth-order valence-electron chi connectivity index (χ4n) is 1.73. The van der Waals surface area contributed by atoms with Gasteiger partial charge in [0.15, 0.2) is 0 Å². The van der Waals surface area contributed by atoms with Gasteiger partial charge in [-0.25, -0.2) is 0 Å². The van der Waals surface area contributed by atoms with E-state index in [0.29, 0.717) is 5.02 Å². The summed E-state index contributed by atoms with van der Waals surface area (Å²) in [5, 5.41) is 3.58. The Morgan fingerprint density at radius 2 is 2.22 bits per heavy atom. The number of halogens is 1. The highest BCUT2D eigenvalue weighted by Gasteiger charge is 2.16. The van der Waals surface area contributed by atoms with E-state index in [0.717, 1.165) is 24.8 Å². The largest absolute Gasteiger partial charge is 0.348 e. The van der Waals surface area contributed by atoms with Crippen LogP contribution in [0.15, 0.2) is 24.3 Å². The van der Waals surface area contributed by atoms with Crippen LogP contribution in [-0.4, -0.2) is 11.9 Å². The maximum Gasteiger partial charge on any atom is 0.237 e. The van der Waals surface area contributed by atoms with E-state index in [-0.39, 0.29) is 11.9 Å². The number of unbranched alkanes of at least 4 members (excludes halogenated alkanes) is 1. The van der Waals surface area contributed by atoms with E-state index in [1.54, 1.807) is 0 Å². The fourth-order valence-corrected chi connectivity index (χ4v) is 1.93. The first-order valence-electron chi connectivity index (χ1n) is 6.36. The van der Waals surface area contributed by atoms with Gasteiger partial charge < -0.3 is 11.1 Å². The average molecular weight is 269 g/mol. The molecule has 0 saturated carbocycles. The lowest BCUT2D eigenvalue weighted by Gasteiger charge is -2.18. The van der Waals surface area contributed by atoms with Gasteiger partial charge in [0, 0.05) is 5.02 Å². The van der Waals surface area contributed by atoms with Crippen molar-refractivity contribution in [2.24, 2.45) is 5.73 Å². The molecule has 1 aromatic carbocycles. The summed E-state index contributed by atoms with van der Waals surface area (Å²) in [6.07, 6.45) is 2.75. The highest BCUT2D eigenvalue weighted by molar-refractivity contribution is 6.30. The molecule has 18 heavy (non-hydrogen) atoms. The second-order valence-corrected chi connectivity index (χ2v) is 4.97. The third-order valence-electron chi connectivity index (χ3n) is 2.91. The molecule has 0 spiro atoms. The van der Waals surface area contributed by atoms with Crippen molar-refractivity contribution in [2.45, 2.75) is 45.2 Å². The highest BCUT2D eigenvalue weighted by atomic mass is 35.5. The Bertz CT molecular complexity index is 395. The lowest BCUT2D eigenvalue weighted by Crippen LogP contribution is -2.41. The molecular weight excluding hydrogens is 248 g/mol. The van der Waals surface area contributed by atoms with Crippen molar-refractivity contribution in [1.29, 1.82) is 0 Å². The first-order chi connectivity index (χ1) is 8.54. The SMILES string of the molecule is CCCCC(N)C(=O)N[C@@H](C)c1cccc(Cl)c1. The van der Waals surface area contributed by atoms with Gasteiger partial charge in [0.1, 0.15) is 0 Å². The van der Waals surface area contributed by atoms with E-state index >= 15 is 0 Å². The molecule has 0 bridgehead atoms. The van der Waals surface area contributed by atoms with Crippen molar-refractivity contribution >= 4 is 17.5 Å². The Hall–Kier alpha value is -1.06. The summed E-state index contributed by atoms with van der Waals surface area (Å²) < 4.78 is 0. The minimum absolute atomic E-state index is 0.0797. The molecule has 0 aromatic heterocycles. The van der Waals surface area contributed by atoms with Crippen molar-refractivity contribution < 1.29 is 4.79 Å². The summed E-state index contributed by atoms with van der Waals surface area (Å²) in [7, 11) is 0. The normalized spacial score (nSPS) is 14.0. The number of nitrogens with two attached hydrogens (primary N) is 1. The summed E-state index contributed by atoms with van der Waals surface area (Å²) in [5.41, 5.74) is 6.81. The van der Waals surface area contributed by atoms with Crippen LogP contribution in [0.5, 0.6) is 0 Å². The van der Waals surface area contributed by atoms with E-state index in [2.05, 4.69) is 12.2 Å². The molecule has 0 aliphatic rings. The lowest BCUT2D eigenvalue weighted by atomic mass is 10.1. The summed E-state index contributed by atoms with van der Waals surface area (Å²) in [6.45, 7) is 4.01. The summed E-state index contributed by atoms with van der Waals surface area (Å²) >= 11 is 5.92. The first-order valence-corrected chi connectivity index (χ1v) is 6.73. The monoisotopic (exact) mass is 268 g/mol. The number of nitrogens with one attached hydrogen (secondary N) is 1. The Morgan fingerprint density at radius 3 is 2.83 bits per heavy atom. The topological polar surface area (TPSA) is 55.1 Å². The molecule has 100 valence electrons. The quantitative estimate of drug-likeness (QED) is 0.833. The zero-order valence-electron chi connectivity index (χ0n) is 10.9. The number of carbonyl (C=O) groups is 1. The third-order valence-corrected chi connectivity index (χ3v) is 3.15. The van der Waals surface area contributed by atoms with Crippen molar-refractivity contribution in [3.8, 4) is 0 Å². The van der Waals surface area contributed by atoms with Crippen LogP contribution in [0.25, 0.3) is 0 Å². The zero-order valence-corrected chi connectivity index (χ0v) is 11.7. The average Bonchev–Trinajstić information content (AvgIpc) is 2.35. The van der Waals surface area contributed by atoms with Crippen LogP contribution in [0.1, 0.15) is 44.7 Å². The predicted octanol–water partition coefficient (Wildman–Crippen LogP) is 3.03. The molecule has 0 fully saturated rings. The van der Waals surface area contributed by atoms with E-state index in [1.807, 2.05) is 31.2 Å². The fraction of sp³-hybridized carbons (Fsp3) is 0.500. The van der Waals surface area contributed by atoms with E-state index in [1.165, 1.54) is 0 Å². The predicted molar refractivity (Wildman–Crippen MR) is 75.5 cm³/mol. The Kier molecular flexibility index (Phi) is 6.16. The van der Waals surface area contributed by atoms with Gasteiger partial charge in [0.25, 0.3) is 0 Å². The van der Waals surface area contributed by atoms with Crippen LogP contribution in [0.2, 0.25) is 5.02 Å². The number of carbonyl (C=O) groups excluding carboxylic acids is 1. The van der Waals surface area contributed by atoms with Gasteiger partial charge >= 0.3 is 0 Å². The van der Waals surface area contributed by atoms with Gasteiger partial charge in [-0.3, -0.25) is 4.79 Å². The smallest absolute Gasteiger partial charge is 0.237 e. The Balaban J connectivity index is 2.54. The summed E-state index contributed by atoms with van der Waals surface area (Å²) in [6, 6.07) is 6.97. The van der Waals surface area contributed by atoms with Crippen LogP contribution in [-0.2, 0) is 4.79 Å². The maximum absolute atomic E-state index is 11.8. The Morgan fingerprint density at radius 1 is 1.50 bits per heavy atom. The van der Waals surface area contributed by atoms with Crippen LogP contribution in [0.4, 0.5) is 0 Å². The van der Waals surface area contributed by atoms with E-state index in [9.17, 15) is 4.79 Å². The molecule has 0 heterocycles. The molecule has 1 aromatic rings. The standard InChI is InChI=1S/C14H21ClN2O/c1-3-4-8-13(16)14(18)17-10(2)11-6-5-7-12(15)9-11/h5-7,9-10,13H,3-4,8,16H2,1-2H3,(H,17,18)/t10-,13?/m0/s1. The molecule has 4 heteroatoms. The van der Waals surface area contributed by atoms with Crippen LogP contribution in [0, 0.1) is 0 Å². The number of hydrogen-bond donors (Lipinski definition) is 2. The van der Waals surface area contributed by atoms with Gasteiger partial charge in [-0.1, -0.05) is 43.5 Å². The molecule has 1 amide bonds. The van der Waals surface area contributed by atoms with E-state index in [4.69, 9.17) is 17.3 Å². The van der Waals surface area contributed by atoms with Gasteiger partial charge in [-0.15, -0.1) is 0 Å². The Labute approximate surface area is 114 Å². The zero-order chi connectivity index (χ0) is 13.5. The first kappa shape index (κ1) is 15.0. The number of rotatable bonds is 6. The number of amides is 1. The molecule has 1 unspecified atom stereocenters. The van der Waals surface area contributed by atoms with Crippen LogP contribution in [0.3, 0.4) is 0 Å². The number of benzene rings is 1. The molecular formula is C14H21ClN2O. The third kappa shape index (κ3) is 4.67. The summed E-state index contributed by atoms with van der Waals surface area (Å²) in [4.78, 5) is 11.8. The minimum Gasteiger partial charge on any atom is -0.348 e. The van der Waals surface area contributed by atoms with Crippen LogP contribution < -0.4 is 11.1 Å². The summed E-state index contributed by atoms with van der Waals surface area (Å²) in [5.74, 6) is -0.101. The van der Waals surface area contributed by atoms with Crippen molar-refractivity contribution in [1.82, 2.24) is 5.32 Å². The lowest BCUT2D eigenvalue weighted by molar-refractivity contribution is -0.123. The minimum atomic E-state index is -0.424. The van der Waals surface area contributed by atoms with Gasteiger partial charge in [-0.05, 0) is 31.0 Å². The van der Waals surface area contributed by atoms with Gasteiger partial charge in [0.2, 0.25) is 5.91 Å². The molecule has 0 saturated heterocycles. The second kappa shape index (κ2) is 7.39. The molecule has 2 atom stereocenters. The maximum atomic E-state index is 11.8.